The lowest BCUT2D eigenvalue weighted by atomic mass is 10.1. The molecule has 0 aromatic heterocycles. The van der Waals surface area contributed by atoms with Crippen molar-refractivity contribution in [3.8, 4) is 0 Å². The molecule has 2 N–H and O–H groups in total. The second kappa shape index (κ2) is 4.30. The monoisotopic (exact) mass is 195 g/mol. The zero-order valence-corrected chi connectivity index (χ0v) is 7.59. The highest BCUT2D eigenvalue weighted by molar-refractivity contribution is 4.81. The van der Waals surface area contributed by atoms with Crippen molar-refractivity contribution < 1.29 is 18.6 Å². The molecular weight excluding hydrogens is 180 g/mol. The van der Waals surface area contributed by atoms with E-state index in [0.717, 1.165) is 6.42 Å². The lowest BCUT2D eigenvalue weighted by Gasteiger charge is -2.20. The van der Waals surface area contributed by atoms with Crippen molar-refractivity contribution in [3.63, 3.8) is 0 Å². The highest BCUT2D eigenvalue weighted by Gasteiger charge is 2.31. The van der Waals surface area contributed by atoms with Gasteiger partial charge in [-0.1, -0.05) is 0 Å². The molecule has 0 aromatic carbocycles. The van der Waals surface area contributed by atoms with Crippen LogP contribution in [0.5, 0.6) is 0 Å². The molecule has 0 spiro atoms. The molecule has 1 aliphatic heterocycles. The number of ether oxygens (including phenoxy) is 1. The van der Waals surface area contributed by atoms with E-state index in [1.807, 2.05) is 6.92 Å². The number of nitrogens with one attached hydrogen (secondary N) is 1. The summed E-state index contributed by atoms with van der Waals surface area (Å²) in [6.07, 6.45) is 0.734. The Labute approximate surface area is 76.1 Å². The Hall–Kier alpha value is -0.260. The first kappa shape index (κ1) is 10.8. The topological polar surface area (TPSA) is 41.5 Å². The maximum atomic E-state index is 12.6. The molecule has 2 atom stereocenters. The van der Waals surface area contributed by atoms with Crippen molar-refractivity contribution in [2.75, 3.05) is 19.8 Å². The first-order valence-electron chi connectivity index (χ1n) is 4.39. The van der Waals surface area contributed by atoms with E-state index in [-0.39, 0.29) is 12.1 Å². The lowest BCUT2D eigenvalue weighted by molar-refractivity contribution is -0.0504. The molecule has 0 aromatic rings. The van der Waals surface area contributed by atoms with Crippen LogP contribution in [0.25, 0.3) is 0 Å². The Kier molecular flexibility index (Phi) is 3.58. The van der Waals surface area contributed by atoms with Gasteiger partial charge in [0.25, 0.3) is 5.92 Å². The average molecular weight is 195 g/mol. The fraction of sp³-hybridized carbons (Fsp3) is 1.00. The molecule has 13 heavy (non-hydrogen) atoms. The van der Waals surface area contributed by atoms with E-state index in [1.54, 1.807) is 0 Å². The molecule has 0 bridgehead atoms. The maximum Gasteiger partial charge on any atom is 0.282 e. The van der Waals surface area contributed by atoms with E-state index in [2.05, 4.69) is 5.32 Å². The average Bonchev–Trinajstić information content (AvgIpc) is 2.48. The number of alkyl halides is 2. The summed E-state index contributed by atoms with van der Waals surface area (Å²) in [6.45, 7) is 0.870. The molecule has 0 radical (unpaired) electrons. The molecule has 0 saturated carbocycles. The van der Waals surface area contributed by atoms with E-state index in [1.165, 1.54) is 0 Å². The summed E-state index contributed by atoms with van der Waals surface area (Å²) in [5.41, 5.74) is 0. The number of aliphatic hydroxyl groups excluding tert-OH is 1. The van der Waals surface area contributed by atoms with E-state index in [9.17, 15) is 8.78 Å². The summed E-state index contributed by atoms with van der Waals surface area (Å²) in [4.78, 5) is 0. The summed E-state index contributed by atoms with van der Waals surface area (Å²) in [5, 5.41) is 11.0. The molecule has 0 aliphatic carbocycles. The molecule has 78 valence electrons. The van der Waals surface area contributed by atoms with Crippen molar-refractivity contribution in [3.05, 3.63) is 0 Å². The normalized spacial score (nSPS) is 29.5. The Morgan fingerprint density at radius 1 is 1.62 bits per heavy atom. The molecule has 1 heterocycles. The fourth-order valence-electron chi connectivity index (χ4n) is 1.34. The van der Waals surface area contributed by atoms with Gasteiger partial charge < -0.3 is 15.2 Å². The molecule has 2 unspecified atom stereocenters. The minimum Gasteiger partial charge on any atom is -0.390 e. The Morgan fingerprint density at radius 2 is 2.31 bits per heavy atom. The number of rotatable bonds is 4. The molecule has 3 nitrogen and oxygen atoms in total. The van der Waals surface area contributed by atoms with Crippen LogP contribution < -0.4 is 5.32 Å². The molecule has 0 amide bonds. The van der Waals surface area contributed by atoms with Crippen LogP contribution >= 0.6 is 0 Å². The molecule has 5 heteroatoms. The molecule has 1 saturated heterocycles. The highest BCUT2D eigenvalue weighted by Crippen LogP contribution is 2.15. The second-order valence-electron chi connectivity index (χ2n) is 3.37. The van der Waals surface area contributed by atoms with Gasteiger partial charge in [0.05, 0.1) is 12.6 Å². The van der Waals surface area contributed by atoms with Crippen molar-refractivity contribution >= 4 is 0 Å². The summed E-state index contributed by atoms with van der Waals surface area (Å²) in [5.74, 6) is -3.03. The van der Waals surface area contributed by atoms with Gasteiger partial charge in [-0.05, 0) is 13.3 Å². The third-order valence-corrected chi connectivity index (χ3v) is 2.23. The van der Waals surface area contributed by atoms with Crippen molar-refractivity contribution in [2.45, 2.75) is 31.4 Å². The van der Waals surface area contributed by atoms with Crippen LogP contribution in [0.3, 0.4) is 0 Å². The van der Waals surface area contributed by atoms with Crippen LogP contribution in [-0.2, 0) is 4.74 Å². The van der Waals surface area contributed by atoms with Gasteiger partial charge >= 0.3 is 0 Å². The molecule has 1 aliphatic rings. The van der Waals surface area contributed by atoms with Gasteiger partial charge in [0.2, 0.25) is 0 Å². The van der Waals surface area contributed by atoms with Crippen LogP contribution in [0.1, 0.15) is 13.3 Å². The van der Waals surface area contributed by atoms with Crippen LogP contribution in [0.4, 0.5) is 8.78 Å². The standard InChI is InChI=1S/C8H15F2NO2/c1-6-7(2-3-13-6)11-4-8(9,10)5-12/h6-7,11-12H,2-5H2,1H3. The largest absolute Gasteiger partial charge is 0.390 e. The lowest BCUT2D eigenvalue weighted by Crippen LogP contribution is -2.43. The van der Waals surface area contributed by atoms with Gasteiger partial charge in [-0.2, -0.15) is 0 Å². The molecule has 1 rings (SSSR count). The number of halogens is 2. The zero-order valence-electron chi connectivity index (χ0n) is 7.59. The van der Waals surface area contributed by atoms with Crippen LogP contribution in [0.2, 0.25) is 0 Å². The third kappa shape index (κ3) is 3.17. The van der Waals surface area contributed by atoms with Gasteiger partial charge in [-0.25, -0.2) is 8.78 Å². The third-order valence-electron chi connectivity index (χ3n) is 2.23. The van der Waals surface area contributed by atoms with Crippen LogP contribution in [-0.4, -0.2) is 42.9 Å². The van der Waals surface area contributed by atoms with Crippen molar-refractivity contribution in [2.24, 2.45) is 0 Å². The fourth-order valence-corrected chi connectivity index (χ4v) is 1.34. The summed E-state index contributed by atoms with van der Waals surface area (Å²) >= 11 is 0. The quantitative estimate of drug-likeness (QED) is 0.681. The van der Waals surface area contributed by atoms with E-state index < -0.39 is 19.1 Å². The van der Waals surface area contributed by atoms with Crippen molar-refractivity contribution in [1.82, 2.24) is 5.32 Å². The first-order valence-corrected chi connectivity index (χ1v) is 4.39. The SMILES string of the molecule is CC1OCCC1NCC(F)(F)CO. The predicted octanol–water partition coefficient (Wildman–Crippen LogP) is 0.381. The Morgan fingerprint density at radius 3 is 2.77 bits per heavy atom. The molecular formula is C8H15F2NO2. The smallest absolute Gasteiger partial charge is 0.282 e. The van der Waals surface area contributed by atoms with Crippen LogP contribution in [0.15, 0.2) is 0 Å². The van der Waals surface area contributed by atoms with Crippen molar-refractivity contribution in [1.29, 1.82) is 0 Å². The van der Waals surface area contributed by atoms with Gasteiger partial charge in [0, 0.05) is 12.6 Å². The maximum absolute atomic E-state index is 12.6. The predicted molar refractivity (Wildman–Crippen MR) is 43.9 cm³/mol. The Bertz CT molecular complexity index is 166. The second-order valence-corrected chi connectivity index (χ2v) is 3.37. The van der Waals surface area contributed by atoms with E-state index >= 15 is 0 Å². The van der Waals surface area contributed by atoms with Gasteiger partial charge in [0.1, 0.15) is 6.61 Å². The van der Waals surface area contributed by atoms with E-state index in [4.69, 9.17) is 9.84 Å². The van der Waals surface area contributed by atoms with Gasteiger partial charge in [0.15, 0.2) is 0 Å². The van der Waals surface area contributed by atoms with Gasteiger partial charge in [-0.15, -0.1) is 0 Å². The van der Waals surface area contributed by atoms with Gasteiger partial charge in [-0.3, -0.25) is 0 Å². The number of hydrogen-bond donors (Lipinski definition) is 2. The molecule has 1 fully saturated rings. The highest BCUT2D eigenvalue weighted by atomic mass is 19.3. The summed E-state index contributed by atoms with van der Waals surface area (Å²) in [6, 6.07) is -0.0163. The number of aliphatic hydroxyl groups is 1. The minimum absolute atomic E-state index is 0.0163. The minimum atomic E-state index is -3.03. The Balaban J connectivity index is 2.25. The first-order chi connectivity index (χ1) is 6.05. The number of hydrogen-bond acceptors (Lipinski definition) is 3. The zero-order chi connectivity index (χ0) is 9.90. The van der Waals surface area contributed by atoms with Crippen LogP contribution in [0, 0.1) is 0 Å². The summed E-state index contributed by atoms with van der Waals surface area (Å²) in [7, 11) is 0. The van der Waals surface area contributed by atoms with E-state index in [0.29, 0.717) is 6.61 Å². The summed E-state index contributed by atoms with van der Waals surface area (Å²) < 4.78 is 30.4.